The van der Waals surface area contributed by atoms with Crippen molar-refractivity contribution in [3.8, 4) is 0 Å². The summed E-state index contributed by atoms with van der Waals surface area (Å²) in [7, 11) is 0. The van der Waals surface area contributed by atoms with E-state index >= 15 is 0 Å². The van der Waals surface area contributed by atoms with Gasteiger partial charge in [0.15, 0.2) is 0 Å². The van der Waals surface area contributed by atoms with Gasteiger partial charge in [-0.3, -0.25) is 19.4 Å². The molecule has 0 bridgehead atoms. The van der Waals surface area contributed by atoms with Gasteiger partial charge < -0.3 is 5.32 Å². The number of fused-ring (bicyclic) bond motifs is 1. The van der Waals surface area contributed by atoms with Gasteiger partial charge in [0.05, 0.1) is 16.6 Å². The number of aromatic amines is 1. The molecule has 0 spiro atoms. The molecule has 5 nitrogen and oxygen atoms in total. The fourth-order valence-corrected chi connectivity index (χ4v) is 4.89. The Bertz CT molecular complexity index is 742. The third-order valence-electron chi connectivity index (χ3n) is 3.52. The van der Waals surface area contributed by atoms with E-state index in [9.17, 15) is 9.59 Å². The minimum atomic E-state index is -0.119. The van der Waals surface area contributed by atoms with E-state index in [-0.39, 0.29) is 22.8 Å². The molecule has 0 aliphatic carbocycles. The Morgan fingerprint density at radius 1 is 1.38 bits per heavy atom. The van der Waals surface area contributed by atoms with Crippen LogP contribution in [0.3, 0.4) is 0 Å². The number of hydrogen-bond donors (Lipinski definition) is 2. The van der Waals surface area contributed by atoms with Crippen molar-refractivity contribution >= 4 is 34.8 Å². The smallest absolute Gasteiger partial charge is 0.271 e. The van der Waals surface area contributed by atoms with E-state index < -0.39 is 0 Å². The second-order valence-electron chi connectivity index (χ2n) is 5.37. The lowest BCUT2D eigenvalue weighted by Crippen LogP contribution is -2.17. The van der Waals surface area contributed by atoms with E-state index in [1.165, 1.54) is 11.8 Å². The van der Waals surface area contributed by atoms with Crippen molar-refractivity contribution < 1.29 is 4.79 Å². The van der Waals surface area contributed by atoms with E-state index in [0.717, 1.165) is 10.4 Å². The molecule has 1 unspecified atom stereocenters. The minimum absolute atomic E-state index is 0.0636. The highest BCUT2D eigenvalue weighted by atomic mass is 32.2. The highest BCUT2D eigenvalue weighted by molar-refractivity contribution is 8.00. The zero-order valence-corrected chi connectivity index (χ0v) is 13.7. The number of nitrogens with zero attached hydrogens (tertiary/aromatic N) is 1. The Labute approximate surface area is 130 Å². The Kier molecular flexibility index (Phi) is 3.71. The lowest BCUT2D eigenvalue weighted by atomic mass is 10.1. The molecule has 1 amide bonds. The van der Waals surface area contributed by atoms with Crippen LogP contribution in [0.2, 0.25) is 0 Å². The van der Waals surface area contributed by atoms with Crippen LogP contribution in [0.15, 0.2) is 16.2 Å². The summed E-state index contributed by atoms with van der Waals surface area (Å²) in [5.74, 6) is 0.906. The Hall–Kier alpha value is -1.47. The molecule has 2 N–H and O–H groups in total. The van der Waals surface area contributed by atoms with E-state index in [0.29, 0.717) is 17.1 Å². The first-order valence-electron chi connectivity index (χ1n) is 6.79. The molecule has 0 radical (unpaired) electrons. The minimum Gasteiger partial charge on any atom is -0.310 e. The summed E-state index contributed by atoms with van der Waals surface area (Å²) in [5, 5.41) is 7.66. The predicted molar refractivity (Wildman–Crippen MR) is 87.4 cm³/mol. The van der Waals surface area contributed by atoms with Gasteiger partial charge in [-0.25, -0.2) is 0 Å². The quantitative estimate of drug-likeness (QED) is 0.893. The number of aromatic nitrogens is 2. The molecule has 0 aromatic carbocycles. The molecule has 2 aromatic heterocycles. The second-order valence-corrected chi connectivity index (χ2v) is 7.42. The first-order chi connectivity index (χ1) is 9.99. The largest absolute Gasteiger partial charge is 0.310 e. The molecule has 3 heterocycles. The molecule has 0 saturated carbocycles. The van der Waals surface area contributed by atoms with Gasteiger partial charge in [0, 0.05) is 10.9 Å². The van der Waals surface area contributed by atoms with Gasteiger partial charge >= 0.3 is 0 Å². The first-order valence-corrected chi connectivity index (χ1v) is 8.71. The number of thiophene rings is 1. The number of carbonyl (C=O) groups excluding carboxylic acids is 1. The number of nitrogens with one attached hydrogen (secondary N) is 2. The molecule has 0 fully saturated rings. The van der Waals surface area contributed by atoms with E-state index in [4.69, 9.17) is 0 Å². The van der Waals surface area contributed by atoms with Gasteiger partial charge in [-0.05, 0) is 37.8 Å². The van der Waals surface area contributed by atoms with Gasteiger partial charge in [-0.15, -0.1) is 23.1 Å². The van der Waals surface area contributed by atoms with E-state index in [1.54, 1.807) is 16.0 Å². The van der Waals surface area contributed by atoms with Crippen LogP contribution < -0.4 is 10.9 Å². The summed E-state index contributed by atoms with van der Waals surface area (Å²) in [6.07, 6.45) is 0. The summed E-state index contributed by atoms with van der Waals surface area (Å²) in [4.78, 5) is 25.5. The number of rotatable bonds is 2. The summed E-state index contributed by atoms with van der Waals surface area (Å²) >= 11 is 3.15. The molecule has 7 heteroatoms. The predicted octanol–water partition coefficient (Wildman–Crippen LogP) is 2.90. The van der Waals surface area contributed by atoms with Gasteiger partial charge in [0.2, 0.25) is 5.91 Å². The van der Waals surface area contributed by atoms with Crippen molar-refractivity contribution in [3.05, 3.63) is 37.8 Å². The van der Waals surface area contributed by atoms with Crippen LogP contribution in [0.4, 0.5) is 5.82 Å². The highest BCUT2D eigenvalue weighted by Crippen LogP contribution is 2.43. The van der Waals surface area contributed by atoms with Crippen LogP contribution >= 0.6 is 23.1 Å². The molecule has 1 atom stereocenters. The van der Waals surface area contributed by atoms with E-state index in [1.807, 2.05) is 32.2 Å². The molecule has 1 aliphatic rings. The standard InChI is InChI=1S/C14H17N3O2S2/c1-7(2)17-13-10(14(19)16-17)12(21-6-9(18)15-13)11-8(3)4-5-20-11/h4-5,7,12H,6H2,1-3H3,(H,15,18)(H,16,19). The average molecular weight is 323 g/mol. The van der Waals surface area contributed by atoms with Crippen molar-refractivity contribution in [2.45, 2.75) is 32.1 Å². The molecule has 3 rings (SSSR count). The monoisotopic (exact) mass is 323 g/mol. The summed E-state index contributed by atoms with van der Waals surface area (Å²) in [5.41, 5.74) is 1.70. The fraction of sp³-hybridized carbons (Fsp3) is 0.429. The molecule has 1 aliphatic heterocycles. The summed E-state index contributed by atoms with van der Waals surface area (Å²) in [6.45, 7) is 6.00. The molecular weight excluding hydrogens is 306 g/mol. The third-order valence-corrected chi connectivity index (χ3v) is 5.99. The number of aryl methyl sites for hydroxylation is 1. The van der Waals surface area contributed by atoms with Crippen LogP contribution in [-0.2, 0) is 4.79 Å². The van der Waals surface area contributed by atoms with Crippen LogP contribution in [0.1, 0.15) is 41.1 Å². The van der Waals surface area contributed by atoms with Crippen molar-refractivity contribution in [2.75, 3.05) is 11.1 Å². The normalized spacial score (nSPS) is 18.5. The van der Waals surface area contributed by atoms with Crippen molar-refractivity contribution in [3.63, 3.8) is 0 Å². The maximum absolute atomic E-state index is 12.4. The third kappa shape index (κ3) is 2.44. The summed E-state index contributed by atoms with van der Waals surface area (Å²) in [6, 6.07) is 2.13. The molecule has 2 aromatic rings. The van der Waals surface area contributed by atoms with Crippen LogP contribution in [0.25, 0.3) is 0 Å². The van der Waals surface area contributed by atoms with Crippen molar-refractivity contribution in [1.29, 1.82) is 0 Å². The molecule has 112 valence electrons. The van der Waals surface area contributed by atoms with Crippen LogP contribution in [0, 0.1) is 6.92 Å². The van der Waals surface area contributed by atoms with Crippen LogP contribution in [0.5, 0.6) is 0 Å². The molecule has 21 heavy (non-hydrogen) atoms. The highest BCUT2D eigenvalue weighted by Gasteiger charge is 2.32. The Balaban J connectivity index is 2.21. The number of thioether (sulfide) groups is 1. The van der Waals surface area contributed by atoms with Gasteiger partial charge in [-0.1, -0.05) is 0 Å². The second kappa shape index (κ2) is 5.38. The van der Waals surface area contributed by atoms with E-state index in [2.05, 4.69) is 10.4 Å². The maximum atomic E-state index is 12.4. The Morgan fingerprint density at radius 3 is 2.76 bits per heavy atom. The lowest BCUT2D eigenvalue weighted by molar-refractivity contribution is -0.113. The van der Waals surface area contributed by atoms with Crippen molar-refractivity contribution in [1.82, 2.24) is 9.78 Å². The summed E-state index contributed by atoms with van der Waals surface area (Å²) < 4.78 is 1.75. The number of H-pyrrole nitrogens is 1. The van der Waals surface area contributed by atoms with Gasteiger partial charge in [0.1, 0.15) is 5.82 Å². The number of hydrogen-bond acceptors (Lipinski definition) is 4. The maximum Gasteiger partial charge on any atom is 0.271 e. The fourth-order valence-electron chi connectivity index (χ4n) is 2.49. The topological polar surface area (TPSA) is 66.9 Å². The number of anilines is 1. The van der Waals surface area contributed by atoms with Crippen molar-refractivity contribution in [2.24, 2.45) is 0 Å². The van der Waals surface area contributed by atoms with Gasteiger partial charge in [-0.2, -0.15) is 0 Å². The molecular formula is C14H17N3O2S2. The number of carbonyl (C=O) groups is 1. The zero-order valence-electron chi connectivity index (χ0n) is 12.1. The van der Waals surface area contributed by atoms with Gasteiger partial charge in [0.25, 0.3) is 5.56 Å². The SMILES string of the molecule is Cc1ccsc1C1SCC(=O)Nc2c1c(=O)[nH]n2C(C)C. The number of amides is 1. The Morgan fingerprint density at radius 2 is 2.14 bits per heavy atom. The first kappa shape index (κ1) is 14.5. The lowest BCUT2D eigenvalue weighted by Gasteiger charge is -2.14. The zero-order chi connectivity index (χ0) is 15.1. The average Bonchev–Trinajstić information content (AvgIpc) is 2.91. The van der Waals surface area contributed by atoms with Crippen LogP contribution in [-0.4, -0.2) is 21.4 Å². The molecule has 0 saturated heterocycles.